The van der Waals surface area contributed by atoms with Crippen molar-refractivity contribution in [2.45, 2.75) is 58.6 Å². The first kappa shape index (κ1) is 16.3. The summed E-state index contributed by atoms with van der Waals surface area (Å²) in [4.78, 5) is 0. The molecular formula is C18H29NO2. The third-order valence-electron chi connectivity index (χ3n) is 4.12. The number of nitrogens with one attached hydrogen (secondary N) is 1. The molecule has 1 aliphatic carbocycles. The fraction of sp³-hybridized carbons (Fsp3) is 0.667. The van der Waals surface area contributed by atoms with Crippen LogP contribution in [0.4, 0.5) is 0 Å². The Hall–Kier alpha value is -1.06. The highest BCUT2D eigenvalue weighted by Gasteiger charge is 2.22. The minimum atomic E-state index is -0.291. The van der Waals surface area contributed by atoms with Gasteiger partial charge in [-0.25, -0.2) is 0 Å². The molecule has 0 heterocycles. The molecule has 0 aliphatic heterocycles. The maximum Gasteiger partial charge on any atom is 0.119 e. The highest BCUT2D eigenvalue weighted by Crippen LogP contribution is 2.32. The minimum Gasteiger partial charge on any atom is -0.497 e. The van der Waals surface area contributed by atoms with Crippen molar-refractivity contribution < 1.29 is 9.84 Å². The van der Waals surface area contributed by atoms with Gasteiger partial charge in [-0.1, -0.05) is 26.8 Å². The standard InChI is InChI=1S/C18H29NO2/c1-18(2,3)11-14(20)12-19-17-7-5-6-13-8-9-15(21-4)10-16(13)17/h8-10,14,17,19-20H,5-7,11-12H2,1-4H3. The molecule has 2 unspecified atom stereocenters. The summed E-state index contributed by atoms with van der Waals surface area (Å²) in [5.74, 6) is 0.915. The molecule has 1 aromatic rings. The van der Waals surface area contributed by atoms with Gasteiger partial charge in [0.15, 0.2) is 0 Å². The SMILES string of the molecule is COc1ccc2c(c1)C(NCC(O)CC(C)(C)C)CCC2. The fourth-order valence-electron chi connectivity index (χ4n) is 3.17. The van der Waals surface area contributed by atoms with Crippen molar-refractivity contribution >= 4 is 0 Å². The van der Waals surface area contributed by atoms with Crippen LogP contribution >= 0.6 is 0 Å². The number of rotatable bonds is 5. The average Bonchev–Trinajstić information content (AvgIpc) is 2.42. The van der Waals surface area contributed by atoms with Gasteiger partial charge in [-0.3, -0.25) is 0 Å². The normalized spacial score (nSPS) is 20.0. The van der Waals surface area contributed by atoms with E-state index in [-0.39, 0.29) is 11.5 Å². The number of aliphatic hydroxyl groups excluding tert-OH is 1. The summed E-state index contributed by atoms with van der Waals surface area (Å²) in [7, 11) is 1.71. The molecule has 0 aromatic heterocycles. The highest BCUT2D eigenvalue weighted by atomic mass is 16.5. The van der Waals surface area contributed by atoms with Gasteiger partial charge < -0.3 is 15.2 Å². The average molecular weight is 291 g/mol. The van der Waals surface area contributed by atoms with Crippen molar-refractivity contribution in [2.75, 3.05) is 13.7 Å². The second-order valence-corrected chi connectivity index (χ2v) is 7.34. The number of ether oxygens (including phenoxy) is 1. The van der Waals surface area contributed by atoms with Crippen molar-refractivity contribution in [1.82, 2.24) is 5.32 Å². The lowest BCUT2D eigenvalue weighted by atomic mass is 9.86. The van der Waals surface area contributed by atoms with Gasteiger partial charge >= 0.3 is 0 Å². The molecule has 0 saturated heterocycles. The number of methoxy groups -OCH3 is 1. The molecule has 2 N–H and O–H groups in total. The molecule has 3 nitrogen and oxygen atoms in total. The van der Waals surface area contributed by atoms with E-state index >= 15 is 0 Å². The van der Waals surface area contributed by atoms with E-state index in [1.807, 2.05) is 6.07 Å². The molecule has 21 heavy (non-hydrogen) atoms. The van der Waals surface area contributed by atoms with E-state index in [1.54, 1.807) is 7.11 Å². The van der Waals surface area contributed by atoms with Crippen LogP contribution in [0.1, 0.15) is 57.2 Å². The second-order valence-electron chi connectivity index (χ2n) is 7.34. The summed E-state index contributed by atoms with van der Waals surface area (Å²) in [6.45, 7) is 7.14. The molecule has 0 spiro atoms. The first-order valence-corrected chi connectivity index (χ1v) is 7.97. The third kappa shape index (κ3) is 4.72. The maximum atomic E-state index is 10.2. The van der Waals surface area contributed by atoms with Crippen LogP contribution in [0.5, 0.6) is 5.75 Å². The molecule has 1 aliphatic rings. The molecule has 0 radical (unpaired) electrons. The number of fused-ring (bicyclic) bond motifs is 1. The highest BCUT2D eigenvalue weighted by molar-refractivity contribution is 5.39. The molecule has 2 atom stereocenters. The summed E-state index contributed by atoms with van der Waals surface area (Å²) in [6.07, 6.45) is 4.00. The van der Waals surface area contributed by atoms with Crippen LogP contribution in [0.25, 0.3) is 0 Å². The zero-order valence-corrected chi connectivity index (χ0v) is 13.8. The van der Waals surface area contributed by atoms with E-state index in [0.29, 0.717) is 12.6 Å². The van der Waals surface area contributed by atoms with E-state index < -0.39 is 0 Å². The smallest absolute Gasteiger partial charge is 0.119 e. The number of aryl methyl sites for hydroxylation is 1. The summed E-state index contributed by atoms with van der Waals surface area (Å²) < 4.78 is 5.34. The van der Waals surface area contributed by atoms with Crippen molar-refractivity contribution in [1.29, 1.82) is 0 Å². The monoisotopic (exact) mass is 291 g/mol. The molecular weight excluding hydrogens is 262 g/mol. The lowest BCUT2D eigenvalue weighted by Crippen LogP contribution is -2.34. The number of aliphatic hydroxyl groups is 1. The van der Waals surface area contributed by atoms with Crippen LogP contribution < -0.4 is 10.1 Å². The van der Waals surface area contributed by atoms with Gasteiger partial charge in [0.2, 0.25) is 0 Å². The first-order valence-electron chi connectivity index (χ1n) is 7.97. The zero-order valence-electron chi connectivity index (χ0n) is 13.8. The van der Waals surface area contributed by atoms with Crippen LogP contribution in [-0.2, 0) is 6.42 Å². The minimum absolute atomic E-state index is 0.161. The molecule has 0 saturated carbocycles. The summed E-state index contributed by atoms with van der Waals surface area (Å²) >= 11 is 0. The van der Waals surface area contributed by atoms with Gasteiger partial charge in [0.05, 0.1) is 13.2 Å². The van der Waals surface area contributed by atoms with Crippen LogP contribution in [0.3, 0.4) is 0 Å². The van der Waals surface area contributed by atoms with Crippen LogP contribution in [0, 0.1) is 5.41 Å². The van der Waals surface area contributed by atoms with E-state index in [4.69, 9.17) is 4.74 Å². The molecule has 0 bridgehead atoms. The Bertz CT molecular complexity index is 465. The van der Waals surface area contributed by atoms with Gasteiger partial charge in [-0.05, 0) is 54.4 Å². The Kier molecular flexibility index (Phi) is 5.28. The number of benzene rings is 1. The molecule has 1 aromatic carbocycles. The quantitative estimate of drug-likeness (QED) is 0.873. The Labute approximate surface area is 128 Å². The Morgan fingerprint density at radius 2 is 2.14 bits per heavy atom. The van der Waals surface area contributed by atoms with Crippen molar-refractivity contribution in [3.8, 4) is 5.75 Å². The van der Waals surface area contributed by atoms with Crippen LogP contribution in [-0.4, -0.2) is 24.9 Å². The van der Waals surface area contributed by atoms with Crippen LogP contribution in [0.2, 0.25) is 0 Å². The molecule has 2 rings (SSSR count). The van der Waals surface area contributed by atoms with Crippen molar-refractivity contribution in [2.24, 2.45) is 5.41 Å². The lowest BCUT2D eigenvalue weighted by molar-refractivity contribution is 0.115. The topological polar surface area (TPSA) is 41.5 Å². The van der Waals surface area contributed by atoms with Gasteiger partial charge in [0.1, 0.15) is 5.75 Å². The van der Waals surface area contributed by atoms with Gasteiger partial charge in [0, 0.05) is 12.6 Å². The van der Waals surface area contributed by atoms with E-state index in [2.05, 4.69) is 38.2 Å². The molecule has 118 valence electrons. The van der Waals surface area contributed by atoms with E-state index in [9.17, 15) is 5.11 Å². The number of hydrogen-bond donors (Lipinski definition) is 2. The largest absolute Gasteiger partial charge is 0.497 e. The number of hydrogen-bond acceptors (Lipinski definition) is 3. The van der Waals surface area contributed by atoms with Gasteiger partial charge in [0.25, 0.3) is 0 Å². The van der Waals surface area contributed by atoms with Crippen LogP contribution in [0.15, 0.2) is 18.2 Å². The molecule has 3 heteroatoms. The lowest BCUT2D eigenvalue weighted by Gasteiger charge is -2.29. The van der Waals surface area contributed by atoms with E-state index in [1.165, 1.54) is 17.5 Å². The summed E-state index contributed by atoms with van der Waals surface area (Å²) in [6, 6.07) is 6.68. The third-order valence-corrected chi connectivity index (χ3v) is 4.12. The van der Waals surface area contributed by atoms with Crippen molar-refractivity contribution in [3.05, 3.63) is 29.3 Å². The Balaban J connectivity index is 1.99. The Morgan fingerprint density at radius 3 is 2.81 bits per heavy atom. The maximum absolute atomic E-state index is 10.2. The molecule has 0 fully saturated rings. The van der Waals surface area contributed by atoms with E-state index in [0.717, 1.165) is 25.0 Å². The molecule has 0 amide bonds. The fourth-order valence-corrected chi connectivity index (χ4v) is 3.17. The van der Waals surface area contributed by atoms with Gasteiger partial charge in [-0.15, -0.1) is 0 Å². The summed E-state index contributed by atoms with van der Waals surface area (Å²) in [5, 5.41) is 13.7. The van der Waals surface area contributed by atoms with Crippen molar-refractivity contribution in [3.63, 3.8) is 0 Å². The predicted molar refractivity (Wildman–Crippen MR) is 86.8 cm³/mol. The predicted octanol–water partition coefficient (Wildman–Crippen LogP) is 3.46. The second kappa shape index (κ2) is 6.80. The zero-order chi connectivity index (χ0) is 15.5. The summed E-state index contributed by atoms with van der Waals surface area (Å²) in [5.41, 5.74) is 2.91. The Morgan fingerprint density at radius 1 is 1.38 bits per heavy atom. The first-order chi connectivity index (χ1) is 9.89. The van der Waals surface area contributed by atoms with Gasteiger partial charge in [-0.2, -0.15) is 0 Å².